The zero-order chi connectivity index (χ0) is 19.9. The molecule has 7 heteroatoms. The lowest BCUT2D eigenvalue weighted by Crippen LogP contribution is -2.63. The number of rotatable bonds is 3. The van der Waals surface area contributed by atoms with Gasteiger partial charge in [-0.3, -0.25) is 9.69 Å². The number of nitrogens with zero attached hydrogens (tertiary/aromatic N) is 2. The van der Waals surface area contributed by atoms with Crippen LogP contribution in [0, 0.1) is 5.92 Å². The first-order chi connectivity index (χ1) is 13.4. The fourth-order valence-corrected chi connectivity index (χ4v) is 4.86. The average molecular weight is 394 g/mol. The van der Waals surface area contributed by atoms with Crippen LogP contribution in [-0.2, 0) is 22.3 Å². The van der Waals surface area contributed by atoms with Crippen LogP contribution < -0.4 is 0 Å². The minimum atomic E-state index is -4.31. The number of benzene rings is 1. The van der Waals surface area contributed by atoms with Crippen LogP contribution in [0.25, 0.3) is 0 Å². The number of piperidine rings is 1. The number of halogens is 3. The summed E-state index contributed by atoms with van der Waals surface area (Å²) in [5, 5.41) is 0. The van der Waals surface area contributed by atoms with Crippen LogP contribution in [0.2, 0.25) is 0 Å². The van der Waals surface area contributed by atoms with Crippen molar-refractivity contribution in [3.63, 3.8) is 0 Å². The zero-order valence-electron chi connectivity index (χ0n) is 15.7. The van der Waals surface area contributed by atoms with E-state index in [0.717, 1.165) is 43.6 Å². The lowest BCUT2D eigenvalue weighted by molar-refractivity contribution is -0.163. The number of alkyl halides is 3. The summed E-state index contributed by atoms with van der Waals surface area (Å²) in [6.07, 6.45) is -0.326. The van der Waals surface area contributed by atoms with E-state index >= 15 is 0 Å². The van der Waals surface area contributed by atoms with Crippen LogP contribution in [-0.4, -0.2) is 53.6 Å². The smallest absolute Gasteiger partial charge is 0.374 e. The Morgan fingerprint density at radius 2 is 1.96 bits per heavy atom. The molecular weight excluding hydrogens is 369 g/mol. The second-order valence-electron chi connectivity index (χ2n) is 7.98. The van der Waals surface area contributed by atoms with E-state index < -0.39 is 11.7 Å². The van der Waals surface area contributed by atoms with Crippen molar-refractivity contribution < 1.29 is 22.7 Å². The van der Waals surface area contributed by atoms with Crippen LogP contribution in [0.15, 0.2) is 36.9 Å². The van der Waals surface area contributed by atoms with Crippen molar-refractivity contribution in [2.75, 3.05) is 19.7 Å². The largest absolute Gasteiger partial charge is 0.416 e. The van der Waals surface area contributed by atoms with Gasteiger partial charge in [0.15, 0.2) is 0 Å². The van der Waals surface area contributed by atoms with Crippen LogP contribution in [0.4, 0.5) is 13.2 Å². The Bertz CT molecular complexity index is 734. The molecule has 0 saturated carbocycles. The molecular formula is C21H25F3N2O2. The number of likely N-dealkylation sites (tertiary alicyclic amines) is 1. The van der Waals surface area contributed by atoms with Gasteiger partial charge in [-0.05, 0) is 36.5 Å². The predicted molar refractivity (Wildman–Crippen MR) is 98.4 cm³/mol. The highest BCUT2D eigenvalue weighted by Crippen LogP contribution is 2.37. The number of carbonyl (C=O) groups is 1. The molecule has 4 rings (SSSR count). The first-order valence-electron chi connectivity index (χ1n) is 9.80. The van der Waals surface area contributed by atoms with Crippen LogP contribution in [0.3, 0.4) is 0 Å². The molecule has 0 bridgehead atoms. The molecule has 3 fully saturated rings. The normalized spacial score (nSPS) is 31.2. The SMILES string of the molecule is C=C[C@H]1COC2CCN(Cc3ccc(C(F)(F)F)cc3)C[C@H]3CCC(=O)N1C23. The van der Waals surface area contributed by atoms with Crippen molar-refractivity contribution in [3.05, 3.63) is 48.0 Å². The van der Waals surface area contributed by atoms with Gasteiger partial charge in [0.1, 0.15) is 0 Å². The highest BCUT2D eigenvalue weighted by molar-refractivity contribution is 5.78. The molecule has 152 valence electrons. The van der Waals surface area contributed by atoms with Gasteiger partial charge >= 0.3 is 6.18 Å². The summed E-state index contributed by atoms with van der Waals surface area (Å²) >= 11 is 0. The van der Waals surface area contributed by atoms with E-state index in [-0.39, 0.29) is 24.1 Å². The van der Waals surface area contributed by atoms with Gasteiger partial charge < -0.3 is 9.64 Å². The summed E-state index contributed by atoms with van der Waals surface area (Å²) in [4.78, 5) is 16.8. The number of carbonyl (C=O) groups excluding carboxylic acids is 1. The number of amides is 1. The van der Waals surface area contributed by atoms with Crippen molar-refractivity contribution in [2.24, 2.45) is 5.92 Å². The minimum absolute atomic E-state index is 0.0167. The first-order valence-corrected chi connectivity index (χ1v) is 9.80. The molecule has 1 aromatic carbocycles. The molecule has 3 aliphatic heterocycles. The van der Waals surface area contributed by atoms with E-state index in [1.165, 1.54) is 0 Å². The summed E-state index contributed by atoms with van der Waals surface area (Å²) in [6, 6.07) is 5.40. The fourth-order valence-electron chi connectivity index (χ4n) is 4.86. The van der Waals surface area contributed by atoms with Crippen LogP contribution >= 0.6 is 0 Å². The molecule has 3 heterocycles. The molecule has 0 radical (unpaired) electrons. The lowest BCUT2D eigenvalue weighted by atomic mass is 9.83. The quantitative estimate of drug-likeness (QED) is 0.736. The highest BCUT2D eigenvalue weighted by Gasteiger charge is 2.48. The first kappa shape index (κ1) is 19.5. The number of hydrogen-bond acceptors (Lipinski definition) is 3. The summed E-state index contributed by atoms with van der Waals surface area (Å²) < 4.78 is 44.4. The lowest BCUT2D eigenvalue weighted by Gasteiger charge is -2.50. The molecule has 0 spiro atoms. The Kier molecular flexibility index (Phi) is 5.22. The maximum absolute atomic E-state index is 12.8. The number of morpholine rings is 1. The standard InChI is InChI=1S/C21H25F3N2O2/c1-2-17-13-28-18-9-10-25(12-15-5-8-19(27)26(17)20(15)18)11-14-3-6-16(7-4-14)21(22,23)24/h2-4,6-7,15,17-18,20H,1,5,8-13H2/t15-,17+,18?,20?/m1/s1. The van der Waals surface area contributed by atoms with Crippen molar-refractivity contribution in [3.8, 4) is 0 Å². The third-order valence-electron chi connectivity index (χ3n) is 6.22. The van der Waals surface area contributed by atoms with Crippen molar-refractivity contribution in [2.45, 2.75) is 50.2 Å². The van der Waals surface area contributed by atoms with Crippen molar-refractivity contribution >= 4 is 5.91 Å². The fraction of sp³-hybridized carbons (Fsp3) is 0.571. The molecule has 1 aromatic rings. The number of hydrogen-bond donors (Lipinski definition) is 0. The van der Waals surface area contributed by atoms with Gasteiger partial charge in [0.05, 0.1) is 30.4 Å². The van der Waals surface area contributed by atoms with Gasteiger partial charge in [0.2, 0.25) is 5.91 Å². The summed E-state index contributed by atoms with van der Waals surface area (Å²) in [6.45, 7) is 6.57. The maximum atomic E-state index is 12.8. The molecule has 0 aliphatic carbocycles. The second-order valence-corrected chi connectivity index (χ2v) is 7.98. The highest BCUT2D eigenvalue weighted by atomic mass is 19.4. The maximum Gasteiger partial charge on any atom is 0.416 e. The predicted octanol–water partition coefficient (Wildman–Crippen LogP) is 3.47. The van der Waals surface area contributed by atoms with Gasteiger partial charge in [0, 0.05) is 26.1 Å². The molecule has 0 aromatic heterocycles. The molecule has 3 saturated heterocycles. The third kappa shape index (κ3) is 3.70. The Morgan fingerprint density at radius 3 is 2.64 bits per heavy atom. The molecule has 3 aliphatic rings. The molecule has 28 heavy (non-hydrogen) atoms. The van der Waals surface area contributed by atoms with E-state index in [2.05, 4.69) is 11.5 Å². The Labute approximate surface area is 162 Å². The van der Waals surface area contributed by atoms with E-state index in [0.29, 0.717) is 25.5 Å². The van der Waals surface area contributed by atoms with Gasteiger partial charge in [0.25, 0.3) is 0 Å². The topological polar surface area (TPSA) is 32.8 Å². The minimum Gasteiger partial charge on any atom is -0.374 e. The van der Waals surface area contributed by atoms with Crippen molar-refractivity contribution in [1.29, 1.82) is 0 Å². The Morgan fingerprint density at radius 1 is 1.21 bits per heavy atom. The van der Waals surface area contributed by atoms with Gasteiger partial charge in [-0.1, -0.05) is 18.2 Å². The molecule has 1 amide bonds. The number of ether oxygens (including phenoxy) is 1. The molecule has 2 unspecified atom stereocenters. The summed E-state index contributed by atoms with van der Waals surface area (Å²) in [5.74, 6) is 0.484. The summed E-state index contributed by atoms with van der Waals surface area (Å²) in [5.41, 5.74) is 0.245. The van der Waals surface area contributed by atoms with E-state index in [9.17, 15) is 18.0 Å². The molecule has 4 atom stereocenters. The third-order valence-corrected chi connectivity index (χ3v) is 6.22. The van der Waals surface area contributed by atoms with E-state index in [1.54, 1.807) is 18.2 Å². The Balaban J connectivity index is 1.49. The summed E-state index contributed by atoms with van der Waals surface area (Å²) in [7, 11) is 0. The van der Waals surface area contributed by atoms with E-state index in [1.807, 2.05) is 4.90 Å². The average Bonchev–Trinajstić information content (AvgIpc) is 2.84. The van der Waals surface area contributed by atoms with Crippen LogP contribution in [0.1, 0.15) is 30.4 Å². The van der Waals surface area contributed by atoms with E-state index in [4.69, 9.17) is 4.74 Å². The van der Waals surface area contributed by atoms with Crippen LogP contribution in [0.5, 0.6) is 0 Å². The van der Waals surface area contributed by atoms with Gasteiger partial charge in [-0.25, -0.2) is 0 Å². The molecule has 0 N–H and O–H groups in total. The van der Waals surface area contributed by atoms with Gasteiger partial charge in [-0.15, -0.1) is 6.58 Å². The van der Waals surface area contributed by atoms with Gasteiger partial charge in [-0.2, -0.15) is 13.2 Å². The second kappa shape index (κ2) is 7.52. The zero-order valence-corrected chi connectivity index (χ0v) is 15.7. The monoisotopic (exact) mass is 394 g/mol. The Hall–Kier alpha value is -1.86. The van der Waals surface area contributed by atoms with Crippen molar-refractivity contribution in [1.82, 2.24) is 9.80 Å². The molecule has 4 nitrogen and oxygen atoms in total.